The Morgan fingerprint density at radius 1 is 1.38 bits per heavy atom. The molecule has 0 aliphatic heterocycles. The van der Waals surface area contributed by atoms with Crippen LogP contribution in [0.4, 0.5) is 18.9 Å². The third kappa shape index (κ3) is 3.84. The first kappa shape index (κ1) is 15.6. The van der Waals surface area contributed by atoms with Gasteiger partial charge in [0.1, 0.15) is 6.54 Å². The van der Waals surface area contributed by atoms with Crippen LogP contribution in [0.5, 0.6) is 0 Å². The van der Waals surface area contributed by atoms with Crippen molar-refractivity contribution in [2.45, 2.75) is 19.6 Å². The Labute approximate surface area is 127 Å². The van der Waals surface area contributed by atoms with E-state index in [0.717, 1.165) is 10.5 Å². The van der Waals surface area contributed by atoms with Crippen LogP contribution in [0.3, 0.4) is 0 Å². The van der Waals surface area contributed by atoms with E-state index in [1.807, 2.05) is 0 Å². The molecule has 0 atom stereocenters. The number of alkyl halides is 3. The molecule has 0 fully saturated rings. The quantitative estimate of drug-likeness (QED) is 0.907. The number of rotatable bonds is 3. The van der Waals surface area contributed by atoms with Crippen LogP contribution in [0, 0.1) is 6.92 Å². The highest BCUT2D eigenvalue weighted by molar-refractivity contribution is 9.10. The van der Waals surface area contributed by atoms with Gasteiger partial charge in [-0.15, -0.1) is 0 Å². The van der Waals surface area contributed by atoms with E-state index in [9.17, 15) is 18.0 Å². The number of anilines is 1. The first-order valence-corrected chi connectivity index (χ1v) is 6.72. The van der Waals surface area contributed by atoms with Gasteiger partial charge in [-0.1, -0.05) is 12.1 Å². The van der Waals surface area contributed by atoms with Gasteiger partial charge >= 0.3 is 6.18 Å². The van der Waals surface area contributed by atoms with Gasteiger partial charge in [0.2, 0.25) is 5.91 Å². The molecule has 0 bridgehead atoms. The second-order valence-corrected chi connectivity index (χ2v) is 5.21. The average Bonchev–Trinajstić information content (AvgIpc) is 2.67. The first-order valence-electron chi connectivity index (χ1n) is 5.93. The minimum absolute atomic E-state index is 0.168. The number of nitrogens with zero attached hydrogens (tertiary/aromatic N) is 2. The summed E-state index contributed by atoms with van der Waals surface area (Å²) in [6.45, 7) is 1.58. The molecule has 8 heteroatoms. The maximum atomic E-state index is 12.8. The number of halogens is 4. The highest BCUT2D eigenvalue weighted by atomic mass is 79.9. The summed E-state index contributed by atoms with van der Waals surface area (Å²) in [5.41, 5.74) is -0.451. The molecule has 1 N–H and O–H groups in total. The Morgan fingerprint density at radius 2 is 2.05 bits per heavy atom. The summed E-state index contributed by atoms with van der Waals surface area (Å²) in [4.78, 5) is 11.8. The van der Waals surface area contributed by atoms with Gasteiger partial charge < -0.3 is 5.32 Å². The normalized spacial score (nSPS) is 11.5. The van der Waals surface area contributed by atoms with E-state index in [1.54, 1.807) is 13.1 Å². The second-order valence-electron chi connectivity index (χ2n) is 4.35. The molecule has 112 valence electrons. The summed E-state index contributed by atoms with van der Waals surface area (Å²) in [6.07, 6.45) is -2.93. The smallest absolute Gasteiger partial charge is 0.324 e. The van der Waals surface area contributed by atoms with Crippen LogP contribution < -0.4 is 5.32 Å². The molecule has 2 aromatic rings. The minimum atomic E-state index is -4.52. The lowest BCUT2D eigenvalue weighted by molar-refractivity contribution is -0.137. The van der Waals surface area contributed by atoms with Crippen molar-refractivity contribution >= 4 is 27.5 Å². The highest BCUT2D eigenvalue weighted by Gasteiger charge is 2.33. The molecule has 1 heterocycles. The lowest BCUT2D eigenvalue weighted by Crippen LogP contribution is -2.21. The summed E-state index contributed by atoms with van der Waals surface area (Å²) in [6, 6.07) is 4.83. The number of carbonyl (C=O) groups excluding carboxylic acids is 1. The molecular weight excluding hydrogens is 351 g/mol. The van der Waals surface area contributed by atoms with Crippen LogP contribution in [0.15, 0.2) is 34.9 Å². The Bertz CT molecular complexity index is 647. The van der Waals surface area contributed by atoms with Gasteiger partial charge in [0.05, 0.1) is 21.4 Å². The van der Waals surface area contributed by atoms with Gasteiger partial charge in [-0.2, -0.15) is 18.3 Å². The molecule has 1 aromatic carbocycles. The molecule has 4 nitrogen and oxygen atoms in total. The number of hydrogen-bond donors (Lipinski definition) is 1. The molecular formula is C13H11BrF3N3O. The predicted octanol–water partition coefficient (Wildman–Crippen LogP) is 3.61. The van der Waals surface area contributed by atoms with Crippen molar-refractivity contribution in [1.82, 2.24) is 9.78 Å². The van der Waals surface area contributed by atoms with Crippen LogP contribution in [-0.4, -0.2) is 15.7 Å². The fourth-order valence-corrected chi connectivity index (χ4v) is 2.07. The summed E-state index contributed by atoms with van der Waals surface area (Å²) in [5.74, 6) is -0.582. The Kier molecular flexibility index (Phi) is 4.36. The van der Waals surface area contributed by atoms with Crippen molar-refractivity contribution in [3.63, 3.8) is 0 Å². The third-order valence-corrected chi connectivity index (χ3v) is 3.48. The zero-order valence-corrected chi connectivity index (χ0v) is 12.5. The second kappa shape index (κ2) is 5.88. The number of nitrogens with one attached hydrogen (secondary N) is 1. The van der Waals surface area contributed by atoms with E-state index in [0.29, 0.717) is 5.69 Å². The predicted molar refractivity (Wildman–Crippen MR) is 74.7 cm³/mol. The van der Waals surface area contributed by atoms with Crippen molar-refractivity contribution in [3.8, 4) is 0 Å². The number of carbonyl (C=O) groups is 1. The van der Waals surface area contributed by atoms with Gasteiger partial charge in [-0.25, -0.2) is 0 Å². The molecule has 21 heavy (non-hydrogen) atoms. The fraction of sp³-hybridized carbons (Fsp3) is 0.231. The zero-order chi connectivity index (χ0) is 15.6. The molecule has 2 rings (SSSR count). The van der Waals surface area contributed by atoms with Crippen LogP contribution >= 0.6 is 15.9 Å². The van der Waals surface area contributed by atoms with Gasteiger partial charge in [-0.05, 0) is 35.0 Å². The number of amides is 1. The van der Waals surface area contributed by atoms with Crippen molar-refractivity contribution in [1.29, 1.82) is 0 Å². The third-order valence-electron chi connectivity index (χ3n) is 2.70. The molecule has 0 saturated carbocycles. The monoisotopic (exact) mass is 361 g/mol. The summed E-state index contributed by atoms with van der Waals surface area (Å²) >= 11 is 3.25. The molecule has 0 spiro atoms. The van der Waals surface area contributed by atoms with Gasteiger partial charge in [-0.3, -0.25) is 9.48 Å². The highest BCUT2D eigenvalue weighted by Crippen LogP contribution is 2.34. The Hall–Kier alpha value is -1.83. The van der Waals surface area contributed by atoms with Crippen molar-refractivity contribution in [3.05, 3.63) is 46.2 Å². The van der Waals surface area contributed by atoms with Crippen LogP contribution in [-0.2, 0) is 17.5 Å². The summed E-state index contributed by atoms with van der Waals surface area (Å²) in [7, 11) is 0. The van der Waals surface area contributed by atoms with Gasteiger partial charge in [0, 0.05) is 6.20 Å². The van der Waals surface area contributed by atoms with Crippen LogP contribution in [0.25, 0.3) is 0 Å². The van der Waals surface area contributed by atoms with E-state index in [4.69, 9.17) is 0 Å². The van der Waals surface area contributed by atoms with E-state index in [1.165, 1.54) is 22.9 Å². The number of benzene rings is 1. The number of hydrogen-bond acceptors (Lipinski definition) is 2. The van der Waals surface area contributed by atoms with E-state index >= 15 is 0 Å². The lowest BCUT2D eigenvalue weighted by Gasteiger charge is -2.13. The van der Waals surface area contributed by atoms with Crippen LogP contribution in [0.2, 0.25) is 0 Å². The zero-order valence-electron chi connectivity index (χ0n) is 10.9. The minimum Gasteiger partial charge on any atom is -0.324 e. The molecule has 1 amide bonds. The molecule has 0 saturated heterocycles. The van der Waals surface area contributed by atoms with E-state index in [-0.39, 0.29) is 12.2 Å². The van der Waals surface area contributed by atoms with Crippen molar-refractivity contribution in [2.75, 3.05) is 5.32 Å². The number of para-hydroxylation sites is 1. The molecule has 0 aliphatic carbocycles. The SMILES string of the molecule is Cc1nn(CC(=O)Nc2ccccc2C(F)(F)F)cc1Br. The van der Waals surface area contributed by atoms with Crippen molar-refractivity contribution < 1.29 is 18.0 Å². The van der Waals surface area contributed by atoms with E-state index < -0.39 is 17.6 Å². The van der Waals surface area contributed by atoms with Crippen molar-refractivity contribution in [2.24, 2.45) is 0 Å². The van der Waals surface area contributed by atoms with Gasteiger partial charge in [0.25, 0.3) is 0 Å². The number of aromatic nitrogens is 2. The lowest BCUT2D eigenvalue weighted by atomic mass is 10.1. The number of aryl methyl sites for hydroxylation is 1. The van der Waals surface area contributed by atoms with E-state index in [2.05, 4.69) is 26.3 Å². The maximum absolute atomic E-state index is 12.8. The Morgan fingerprint density at radius 3 is 2.62 bits per heavy atom. The maximum Gasteiger partial charge on any atom is 0.418 e. The molecule has 0 aliphatic rings. The average molecular weight is 362 g/mol. The fourth-order valence-electron chi connectivity index (χ4n) is 1.75. The molecule has 0 radical (unpaired) electrons. The molecule has 0 unspecified atom stereocenters. The van der Waals surface area contributed by atoms with Crippen LogP contribution in [0.1, 0.15) is 11.3 Å². The first-order chi connectivity index (χ1) is 9.77. The van der Waals surface area contributed by atoms with Gasteiger partial charge in [0.15, 0.2) is 0 Å². The molecule has 1 aromatic heterocycles. The summed E-state index contributed by atoms with van der Waals surface area (Å²) < 4.78 is 40.5. The standard InChI is InChI=1S/C13H11BrF3N3O/c1-8-10(14)6-20(19-8)7-12(21)18-11-5-3-2-4-9(11)13(15,16)17/h2-6H,7H2,1H3,(H,18,21). The Balaban J connectivity index is 2.13. The topological polar surface area (TPSA) is 46.9 Å². The largest absolute Gasteiger partial charge is 0.418 e. The summed E-state index contributed by atoms with van der Waals surface area (Å²) in [5, 5.41) is 6.31.